The molecule has 2 aliphatic heterocycles. The molecule has 0 radical (unpaired) electrons. The molecule has 2 fully saturated rings. The fourth-order valence-electron chi connectivity index (χ4n) is 2.98. The molecular weight excluding hydrogens is 272 g/mol. The third-order valence-corrected chi connectivity index (χ3v) is 4.53. The number of hydrogen-bond donors (Lipinski definition) is 2. The number of carbonyl (C=O) groups is 2. The SMILES string of the molecule is CC1(C(=O)O)CCN(C(=O)NCCCC2CCCCO2)C1. The van der Waals surface area contributed by atoms with E-state index in [2.05, 4.69) is 5.32 Å². The van der Waals surface area contributed by atoms with Crippen LogP contribution in [0.25, 0.3) is 0 Å². The van der Waals surface area contributed by atoms with Crippen LogP contribution in [-0.4, -0.2) is 54.4 Å². The van der Waals surface area contributed by atoms with Gasteiger partial charge in [-0.2, -0.15) is 0 Å². The first-order valence-corrected chi connectivity index (χ1v) is 7.89. The van der Waals surface area contributed by atoms with E-state index < -0.39 is 11.4 Å². The normalized spacial score (nSPS) is 29.4. The molecule has 2 N–H and O–H groups in total. The number of nitrogens with one attached hydrogen (secondary N) is 1. The van der Waals surface area contributed by atoms with Crippen molar-refractivity contribution < 1.29 is 19.4 Å². The Morgan fingerprint density at radius 1 is 1.43 bits per heavy atom. The van der Waals surface area contributed by atoms with Crippen LogP contribution in [0.1, 0.15) is 45.4 Å². The number of rotatable bonds is 5. The predicted octanol–water partition coefficient (Wildman–Crippen LogP) is 1.84. The predicted molar refractivity (Wildman–Crippen MR) is 78.2 cm³/mol. The summed E-state index contributed by atoms with van der Waals surface area (Å²) < 4.78 is 5.65. The van der Waals surface area contributed by atoms with Crippen molar-refractivity contribution in [2.45, 2.75) is 51.6 Å². The van der Waals surface area contributed by atoms with Gasteiger partial charge in [-0.25, -0.2) is 4.79 Å². The van der Waals surface area contributed by atoms with E-state index in [1.165, 1.54) is 6.42 Å². The summed E-state index contributed by atoms with van der Waals surface area (Å²) in [4.78, 5) is 24.8. The highest BCUT2D eigenvalue weighted by Crippen LogP contribution is 2.29. The van der Waals surface area contributed by atoms with E-state index in [4.69, 9.17) is 9.84 Å². The quantitative estimate of drug-likeness (QED) is 0.759. The summed E-state index contributed by atoms with van der Waals surface area (Å²) in [5.74, 6) is -0.827. The Kier molecular flexibility index (Phi) is 5.45. The van der Waals surface area contributed by atoms with Gasteiger partial charge in [0.05, 0.1) is 11.5 Å². The average Bonchev–Trinajstić information content (AvgIpc) is 2.89. The molecule has 0 aromatic carbocycles. The van der Waals surface area contributed by atoms with Crippen molar-refractivity contribution in [3.8, 4) is 0 Å². The van der Waals surface area contributed by atoms with E-state index in [-0.39, 0.29) is 6.03 Å². The zero-order chi connectivity index (χ0) is 15.3. The molecule has 2 atom stereocenters. The lowest BCUT2D eigenvalue weighted by Gasteiger charge is -2.23. The summed E-state index contributed by atoms with van der Waals surface area (Å²) in [6.45, 7) is 3.99. The lowest BCUT2D eigenvalue weighted by molar-refractivity contribution is -0.147. The van der Waals surface area contributed by atoms with Gasteiger partial charge in [0.25, 0.3) is 0 Å². The van der Waals surface area contributed by atoms with E-state index >= 15 is 0 Å². The summed E-state index contributed by atoms with van der Waals surface area (Å²) in [5.41, 5.74) is -0.798. The second-order valence-electron chi connectivity index (χ2n) is 6.40. The number of carbonyl (C=O) groups excluding carboxylic acids is 1. The second kappa shape index (κ2) is 7.11. The molecule has 2 aliphatic rings. The van der Waals surface area contributed by atoms with Crippen LogP contribution in [0.4, 0.5) is 4.79 Å². The van der Waals surface area contributed by atoms with Crippen LogP contribution in [0.5, 0.6) is 0 Å². The molecule has 2 unspecified atom stereocenters. The maximum Gasteiger partial charge on any atom is 0.317 e. The van der Waals surface area contributed by atoms with Crippen LogP contribution in [0.3, 0.4) is 0 Å². The van der Waals surface area contributed by atoms with Gasteiger partial charge >= 0.3 is 12.0 Å². The first-order chi connectivity index (χ1) is 10.0. The zero-order valence-electron chi connectivity index (χ0n) is 12.8. The van der Waals surface area contributed by atoms with Crippen molar-refractivity contribution in [1.82, 2.24) is 10.2 Å². The molecule has 0 aromatic heterocycles. The van der Waals surface area contributed by atoms with Crippen molar-refractivity contribution in [3.05, 3.63) is 0 Å². The highest BCUT2D eigenvalue weighted by atomic mass is 16.5. The number of aliphatic carboxylic acids is 1. The minimum atomic E-state index is -0.827. The van der Waals surface area contributed by atoms with Crippen molar-refractivity contribution in [2.75, 3.05) is 26.2 Å². The first-order valence-electron chi connectivity index (χ1n) is 7.89. The van der Waals surface area contributed by atoms with Crippen molar-refractivity contribution in [2.24, 2.45) is 5.41 Å². The van der Waals surface area contributed by atoms with Crippen LogP contribution in [-0.2, 0) is 9.53 Å². The molecule has 2 rings (SSSR count). The molecule has 0 bridgehead atoms. The molecule has 0 aromatic rings. The summed E-state index contributed by atoms with van der Waals surface area (Å²) in [7, 11) is 0. The molecule has 0 spiro atoms. The fraction of sp³-hybridized carbons (Fsp3) is 0.867. The Bertz CT molecular complexity index is 382. The third kappa shape index (κ3) is 4.33. The Morgan fingerprint density at radius 2 is 2.24 bits per heavy atom. The Morgan fingerprint density at radius 3 is 2.86 bits per heavy atom. The van der Waals surface area contributed by atoms with Crippen molar-refractivity contribution in [1.29, 1.82) is 0 Å². The molecule has 0 aliphatic carbocycles. The van der Waals surface area contributed by atoms with Gasteiger partial charge in [0.1, 0.15) is 0 Å². The number of urea groups is 1. The van der Waals surface area contributed by atoms with Gasteiger partial charge in [-0.15, -0.1) is 0 Å². The highest BCUT2D eigenvalue weighted by Gasteiger charge is 2.42. The highest BCUT2D eigenvalue weighted by molar-refractivity contribution is 5.79. The molecule has 2 amide bonds. The number of carboxylic acid groups (broad SMARTS) is 1. The summed E-state index contributed by atoms with van der Waals surface area (Å²) in [6, 6.07) is -0.149. The summed E-state index contributed by atoms with van der Waals surface area (Å²) >= 11 is 0. The smallest absolute Gasteiger partial charge is 0.317 e. The van der Waals surface area contributed by atoms with Gasteiger partial charge in [-0.1, -0.05) is 0 Å². The summed E-state index contributed by atoms with van der Waals surface area (Å²) in [5, 5.41) is 12.0. The zero-order valence-corrected chi connectivity index (χ0v) is 12.8. The largest absolute Gasteiger partial charge is 0.481 e. The maximum atomic E-state index is 12.0. The van der Waals surface area contributed by atoms with Crippen LogP contribution in [0, 0.1) is 5.41 Å². The van der Waals surface area contributed by atoms with Crippen LogP contribution in [0.2, 0.25) is 0 Å². The number of ether oxygens (including phenoxy) is 1. The van der Waals surface area contributed by atoms with E-state index in [9.17, 15) is 9.59 Å². The topological polar surface area (TPSA) is 78.9 Å². The van der Waals surface area contributed by atoms with E-state index in [0.29, 0.717) is 32.2 Å². The van der Waals surface area contributed by atoms with Gasteiger partial charge in [0, 0.05) is 26.2 Å². The Labute approximate surface area is 125 Å². The third-order valence-electron chi connectivity index (χ3n) is 4.53. The lowest BCUT2D eigenvalue weighted by atomic mass is 9.90. The number of nitrogens with zero attached hydrogens (tertiary/aromatic N) is 1. The number of carboxylic acids is 1. The first kappa shape index (κ1) is 16.1. The van der Waals surface area contributed by atoms with Gasteiger partial charge in [0.2, 0.25) is 0 Å². The molecule has 2 heterocycles. The fourth-order valence-corrected chi connectivity index (χ4v) is 2.98. The number of amides is 2. The minimum Gasteiger partial charge on any atom is -0.481 e. The molecule has 2 saturated heterocycles. The molecule has 21 heavy (non-hydrogen) atoms. The molecular formula is C15H26N2O4. The number of likely N-dealkylation sites (tertiary alicyclic amines) is 1. The van der Waals surface area contributed by atoms with Crippen LogP contribution < -0.4 is 5.32 Å². The molecule has 120 valence electrons. The van der Waals surface area contributed by atoms with E-state index in [1.807, 2.05) is 0 Å². The number of hydrogen-bond acceptors (Lipinski definition) is 3. The molecule has 6 nitrogen and oxygen atoms in total. The van der Waals surface area contributed by atoms with Gasteiger partial charge in [-0.3, -0.25) is 4.79 Å². The average molecular weight is 298 g/mol. The van der Waals surface area contributed by atoms with Gasteiger partial charge in [0.15, 0.2) is 0 Å². The Hall–Kier alpha value is -1.30. The monoisotopic (exact) mass is 298 g/mol. The van der Waals surface area contributed by atoms with Crippen LogP contribution >= 0.6 is 0 Å². The van der Waals surface area contributed by atoms with Gasteiger partial charge in [-0.05, 0) is 45.4 Å². The lowest BCUT2D eigenvalue weighted by Crippen LogP contribution is -2.41. The minimum absolute atomic E-state index is 0.149. The standard InChI is InChI=1S/C15H26N2O4/c1-15(13(18)19)7-9-17(11-15)14(20)16-8-4-6-12-5-2-3-10-21-12/h12H,2-11H2,1H3,(H,16,20)(H,18,19). The Balaban J connectivity index is 1.63. The van der Waals surface area contributed by atoms with Crippen LogP contribution in [0.15, 0.2) is 0 Å². The summed E-state index contributed by atoms with van der Waals surface area (Å²) in [6.07, 6.45) is 6.26. The molecule has 6 heteroatoms. The van der Waals surface area contributed by atoms with Crippen molar-refractivity contribution >= 4 is 12.0 Å². The van der Waals surface area contributed by atoms with E-state index in [1.54, 1.807) is 11.8 Å². The van der Waals surface area contributed by atoms with Gasteiger partial charge < -0.3 is 20.1 Å². The van der Waals surface area contributed by atoms with E-state index in [0.717, 1.165) is 32.3 Å². The molecule has 0 saturated carbocycles. The second-order valence-corrected chi connectivity index (χ2v) is 6.40. The van der Waals surface area contributed by atoms with Crippen molar-refractivity contribution in [3.63, 3.8) is 0 Å². The maximum absolute atomic E-state index is 12.0.